The van der Waals surface area contributed by atoms with Gasteiger partial charge in [-0.25, -0.2) is 0 Å². The number of nitrogens with zero attached hydrogens (tertiary/aromatic N) is 1. The van der Waals surface area contributed by atoms with Crippen LogP contribution in [0.3, 0.4) is 0 Å². The zero-order valence-electron chi connectivity index (χ0n) is 19.0. The summed E-state index contributed by atoms with van der Waals surface area (Å²) in [6.45, 7) is 4.02. The number of carbonyl (C=O) groups is 1. The van der Waals surface area contributed by atoms with E-state index in [1.54, 1.807) is 19.2 Å². The number of nitrogens with one attached hydrogen (secondary N) is 1. The smallest absolute Gasteiger partial charge is 0.416 e. The van der Waals surface area contributed by atoms with Crippen LogP contribution < -0.4 is 10.1 Å². The number of hydrogen-bond donors (Lipinski definition) is 1. The molecule has 4 nitrogen and oxygen atoms in total. The summed E-state index contributed by atoms with van der Waals surface area (Å²) in [5.74, 6) is -0.168. The third-order valence-corrected chi connectivity index (χ3v) is 5.14. The first-order valence-corrected chi connectivity index (χ1v) is 10.4. The number of anilines is 1. The second-order valence-electron chi connectivity index (χ2n) is 7.94. The molecule has 0 spiro atoms. The maximum atomic E-state index is 13.0. The fraction of sp³-hybridized carbons (Fsp3) is 0.185. The van der Waals surface area contributed by atoms with E-state index in [2.05, 4.69) is 23.5 Å². The van der Waals surface area contributed by atoms with E-state index in [0.717, 1.165) is 34.4 Å². The molecule has 0 bridgehead atoms. The van der Waals surface area contributed by atoms with Crippen molar-refractivity contribution in [2.75, 3.05) is 12.4 Å². The van der Waals surface area contributed by atoms with Gasteiger partial charge in [-0.05, 0) is 73.4 Å². The molecular weight excluding hydrogens is 441 g/mol. The van der Waals surface area contributed by atoms with Gasteiger partial charge in [0.1, 0.15) is 17.4 Å². The Morgan fingerprint density at radius 3 is 2.38 bits per heavy atom. The van der Waals surface area contributed by atoms with Gasteiger partial charge in [-0.3, -0.25) is 4.79 Å². The number of rotatable bonds is 6. The summed E-state index contributed by atoms with van der Waals surface area (Å²) in [7, 11) is 1.55. The molecule has 0 unspecified atom stereocenters. The van der Waals surface area contributed by atoms with Gasteiger partial charge in [0, 0.05) is 5.69 Å². The maximum Gasteiger partial charge on any atom is 0.416 e. The van der Waals surface area contributed by atoms with Gasteiger partial charge in [-0.1, -0.05) is 41.5 Å². The topological polar surface area (TPSA) is 62.1 Å². The first-order valence-electron chi connectivity index (χ1n) is 10.4. The molecule has 0 fully saturated rings. The molecule has 174 valence electrons. The van der Waals surface area contributed by atoms with E-state index in [-0.39, 0.29) is 11.3 Å². The summed E-state index contributed by atoms with van der Waals surface area (Å²) >= 11 is 0. The number of benzene rings is 3. The lowest BCUT2D eigenvalue weighted by atomic mass is 9.96. The second kappa shape index (κ2) is 10.3. The minimum atomic E-state index is -4.54. The molecule has 0 saturated carbocycles. The molecule has 3 aromatic rings. The molecule has 0 atom stereocenters. The second-order valence-corrected chi connectivity index (χ2v) is 7.94. The Balaban J connectivity index is 1.93. The summed E-state index contributed by atoms with van der Waals surface area (Å²) in [6.07, 6.45) is -2.57. The fourth-order valence-corrected chi connectivity index (χ4v) is 3.67. The van der Waals surface area contributed by atoms with E-state index in [1.165, 1.54) is 18.2 Å². The average Bonchev–Trinajstić information content (AvgIpc) is 2.77. The van der Waals surface area contributed by atoms with Crippen molar-refractivity contribution < 1.29 is 22.7 Å². The maximum absolute atomic E-state index is 13.0. The average molecular weight is 464 g/mol. The van der Waals surface area contributed by atoms with Crippen LogP contribution in [0, 0.1) is 25.2 Å². The van der Waals surface area contributed by atoms with Crippen LogP contribution in [0.25, 0.3) is 6.08 Å². The van der Waals surface area contributed by atoms with Gasteiger partial charge >= 0.3 is 6.18 Å². The number of ether oxygens (including phenoxy) is 1. The predicted octanol–water partition coefficient (Wildman–Crippen LogP) is 6.47. The molecule has 7 heteroatoms. The Hall–Kier alpha value is -4.05. The predicted molar refractivity (Wildman–Crippen MR) is 125 cm³/mol. The standard InChI is InChI=1S/C27H23F3N2O2/c1-17-9-18(2)11-19(10-17)12-21-14-25(34-3)8-7-20(21)13-22(16-31)26(33)32-24-6-4-5-23(15-24)27(28,29)30/h4-11,13-15H,12H2,1-3H3,(H,32,33)/b22-13+. The van der Waals surface area contributed by atoms with Gasteiger partial charge in [0.05, 0.1) is 12.7 Å². The number of hydrogen-bond acceptors (Lipinski definition) is 3. The Bertz CT molecular complexity index is 1270. The summed E-state index contributed by atoms with van der Waals surface area (Å²) in [6, 6.07) is 17.6. The molecule has 0 aromatic heterocycles. The molecule has 3 rings (SSSR count). The van der Waals surface area contributed by atoms with Crippen LogP contribution in [0.1, 0.15) is 33.4 Å². The highest BCUT2D eigenvalue weighted by Crippen LogP contribution is 2.31. The SMILES string of the molecule is COc1ccc(/C=C(\C#N)C(=O)Nc2cccc(C(F)(F)F)c2)c(Cc2cc(C)cc(C)c2)c1. The minimum Gasteiger partial charge on any atom is -0.497 e. The van der Waals surface area contributed by atoms with Gasteiger partial charge in [-0.2, -0.15) is 18.4 Å². The summed E-state index contributed by atoms with van der Waals surface area (Å²) in [5.41, 5.74) is 3.60. The van der Waals surface area contributed by atoms with Crippen molar-refractivity contribution in [1.29, 1.82) is 5.26 Å². The highest BCUT2D eigenvalue weighted by Gasteiger charge is 2.30. The largest absolute Gasteiger partial charge is 0.497 e. The van der Waals surface area contributed by atoms with Gasteiger partial charge in [0.2, 0.25) is 0 Å². The number of methoxy groups -OCH3 is 1. The first-order chi connectivity index (χ1) is 16.1. The molecule has 0 heterocycles. The Kier molecular flexibility index (Phi) is 7.42. The van der Waals surface area contributed by atoms with E-state index in [1.807, 2.05) is 26.0 Å². The van der Waals surface area contributed by atoms with Gasteiger partial charge in [0.15, 0.2) is 0 Å². The number of amides is 1. The number of halogens is 3. The van der Waals surface area contributed by atoms with Crippen LogP contribution in [0.2, 0.25) is 0 Å². The van der Waals surface area contributed by atoms with Crippen molar-refractivity contribution in [2.45, 2.75) is 26.4 Å². The van der Waals surface area contributed by atoms with E-state index in [9.17, 15) is 23.2 Å². The monoisotopic (exact) mass is 464 g/mol. The van der Waals surface area contributed by atoms with Gasteiger partial charge in [0.25, 0.3) is 5.91 Å². The van der Waals surface area contributed by atoms with Crippen molar-refractivity contribution in [1.82, 2.24) is 0 Å². The third kappa shape index (κ3) is 6.26. The van der Waals surface area contributed by atoms with Crippen molar-refractivity contribution in [3.05, 3.63) is 99.6 Å². The zero-order chi connectivity index (χ0) is 24.9. The highest BCUT2D eigenvalue weighted by molar-refractivity contribution is 6.09. The molecule has 0 aliphatic rings. The van der Waals surface area contributed by atoms with Crippen LogP contribution in [0.4, 0.5) is 18.9 Å². The number of carbonyl (C=O) groups excluding carboxylic acids is 1. The quantitative estimate of drug-likeness (QED) is 0.336. The third-order valence-electron chi connectivity index (χ3n) is 5.14. The number of aryl methyl sites for hydroxylation is 2. The molecule has 0 saturated heterocycles. The first kappa shape index (κ1) is 24.6. The van der Waals surface area contributed by atoms with Crippen LogP contribution in [0.15, 0.2) is 66.2 Å². The van der Waals surface area contributed by atoms with E-state index in [4.69, 9.17) is 4.74 Å². The van der Waals surface area contributed by atoms with Gasteiger partial charge < -0.3 is 10.1 Å². The molecule has 34 heavy (non-hydrogen) atoms. The van der Waals surface area contributed by atoms with Crippen molar-refractivity contribution >= 4 is 17.7 Å². The van der Waals surface area contributed by atoms with Crippen LogP contribution >= 0.6 is 0 Å². The normalized spacial score (nSPS) is 11.6. The lowest BCUT2D eigenvalue weighted by Gasteiger charge is -2.12. The minimum absolute atomic E-state index is 0.0498. The van der Waals surface area contributed by atoms with Crippen molar-refractivity contribution in [3.63, 3.8) is 0 Å². The fourth-order valence-electron chi connectivity index (χ4n) is 3.67. The lowest BCUT2D eigenvalue weighted by Crippen LogP contribution is -2.14. The summed E-state index contributed by atoms with van der Waals surface area (Å²) in [5, 5.41) is 12.0. The Morgan fingerprint density at radius 1 is 1.06 bits per heavy atom. The lowest BCUT2D eigenvalue weighted by molar-refractivity contribution is -0.137. The molecule has 0 aliphatic carbocycles. The highest BCUT2D eigenvalue weighted by atomic mass is 19.4. The van der Waals surface area contributed by atoms with Crippen molar-refractivity contribution in [3.8, 4) is 11.8 Å². The molecule has 1 N–H and O–H groups in total. The molecule has 3 aromatic carbocycles. The molecular formula is C27H23F3N2O2. The summed E-state index contributed by atoms with van der Waals surface area (Å²) in [4.78, 5) is 12.7. The van der Waals surface area contributed by atoms with E-state index < -0.39 is 17.6 Å². The number of alkyl halides is 3. The summed E-state index contributed by atoms with van der Waals surface area (Å²) < 4.78 is 44.2. The molecule has 0 aliphatic heterocycles. The zero-order valence-corrected chi connectivity index (χ0v) is 19.0. The van der Waals surface area contributed by atoms with Gasteiger partial charge in [-0.15, -0.1) is 0 Å². The Morgan fingerprint density at radius 2 is 1.76 bits per heavy atom. The molecule has 0 radical (unpaired) electrons. The molecule has 1 amide bonds. The van der Waals surface area contributed by atoms with Crippen molar-refractivity contribution in [2.24, 2.45) is 0 Å². The van der Waals surface area contributed by atoms with E-state index >= 15 is 0 Å². The van der Waals surface area contributed by atoms with E-state index in [0.29, 0.717) is 17.7 Å². The number of nitriles is 1. The Labute approximate surface area is 196 Å². The van der Waals surface area contributed by atoms with Crippen LogP contribution in [-0.2, 0) is 17.4 Å². The van der Waals surface area contributed by atoms with Crippen LogP contribution in [-0.4, -0.2) is 13.0 Å². The van der Waals surface area contributed by atoms with Crippen LogP contribution in [0.5, 0.6) is 5.75 Å².